The van der Waals surface area contributed by atoms with Crippen LogP contribution in [0, 0.1) is 5.92 Å². The molecule has 5 heteroatoms. The molecule has 18 heavy (non-hydrogen) atoms. The van der Waals surface area contributed by atoms with Crippen LogP contribution in [0.15, 0.2) is 35.2 Å². The second-order valence-corrected chi connectivity index (χ2v) is 6.56. The molecule has 0 amide bonds. The maximum atomic E-state index is 12.4. The zero-order chi connectivity index (χ0) is 13.2. The molecular formula is C13H17NO3S. The molecule has 1 heterocycles. The third-order valence-electron chi connectivity index (χ3n) is 3.34. The first-order valence-corrected chi connectivity index (χ1v) is 7.51. The lowest BCUT2D eigenvalue weighted by atomic mass is 9.96. The summed E-state index contributed by atoms with van der Waals surface area (Å²) in [5, 5.41) is 0. The molecule has 0 N–H and O–H groups in total. The molecule has 1 aliphatic rings. The SMILES string of the molecule is CC(=O)C1CCCN(S(=O)(=O)c2ccccc2)C1. The van der Waals surface area contributed by atoms with E-state index in [1.807, 2.05) is 0 Å². The minimum atomic E-state index is -3.45. The van der Waals surface area contributed by atoms with Gasteiger partial charge in [0.1, 0.15) is 5.78 Å². The average molecular weight is 267 g/mol. The number of carbonyl (C=O) groups is 1. The van der Waals surface area contributed by atoms with Crippen molar-refractivity contribution in [2.45, 2.75) is 24.7 Å². The van der Waals surface area contributed by atoms with E-state index < -0.39 is 10.0 Å². The fraction of sp³-hybridized carbons (Fsp3) is 0.462. The fourth-order valence-electron chi connectivity index (χ4n) is 2.23. The second kappa shape index (κ2) is 5.20. The number of rotatable bonds is 3. The van der Waals surface area contributed by atoms with Crippen molar-refractivity contribution < 1.29 is 13.2 Å². The average Bonchev–Trinajstić information content (AvgIpc) is 2.40. The predicted octanol–water partition coefficient (Wildman–Crippen LogP) is 1.68. The number of benzene rings is 1. The van der Waals surface area contributed by atoms with Gasteiger partial charge in [0.2, 0.25) is 10.0 Å². The summed E-state index contributed by atoms with van der Waals surface area (Å²) >= 11 is 0. The number of ketones is 1. The molecule has 0 radical (unpaired) electrons. The molecule has 1 aromatic carbocycles. The van der Waals surface area contributed by atoms with Crippen LogP contribution in [0.25, 0.3) is 0 Å². The van der Waals surface area contributed by atoms with Crippen molar-refractivity contribution in [2.24, 2.45) is 5.92 Å². The van der Waals surface area contributed by atoms with Gasteiger partial charge in [0.15, 0.2) is 0 Å². The molecule has 1 saturated heterocycles. The summed E-state index contributed by atoms with van der Waals surface area (Å²) in [6.07, 6.45) is 1.53. The van der Waals surface area contributed by atoms with Crippen LogP contribution in [0.2, 0.25) is 0 Å². The third-order valence-corrected chi connectivity index (χ3v) is 5.22. The Morgan fingerprint density at radius 2 is 1.94 bits per heavy atom. The van der Waals surface area contributed by atoms with E-state index >= 15 is 0 Å². The molecule has 98 valence electrons. The second-order valence-electron chi connectivity index (χ2n) is 4.63. The first-order valence-electron chi connectivity index (χ1n) is 6.07. The van der Waals surface area contributed by atoms with Gasteiger partial charge in [0.25, 0.3) is 0 Å². The molecule has 0 bridgehead atoms. The van der Waals surface area contributed by atoms with Crippen molar-refractivity contribution in [1.82, 2.24) is 4.31 Å². The number of hydrogen-bond acceptors (Lipinski definition) is 3. The van der Waals surface area contributed by atoms with Gasteiger partial charge in [-0.2, -0.15) is 4.31 Å². The zero-order valence-electron chi connectivity index (χ0n) is 10.4. The van der Waals surface area contributed by atoms with E-state index in [2.05, 4.69) is 0 Å². The van der Waals surface area contributed by atoms with Crippen LogP contribution in [0.4, 0.5) is 0 Å². The lowest BCUT2D eigenvalue weighted by molar-refractivity contribution is -0.121. The Morgan fingerprint density at radius 1 is 1.28 bits per heavy atom. The summed E-state index contributed by atoms with van der Waals surface area (Å²) in [5.41, 5.74) is 0. The van der Waals surface area contributed by atoms with Crippen molar-refractivity contribution in [3.63, 3.8) is 0 Å². The summed E-state index contributed by atoms with van der Waals surface area (Å²) in [5.74, 6) is -0.0831. The van der Waals surface area contributed by atoms with Crippen LogP contribution in [0.1, 0.15) is 19.8 Å². The normalized spacial score (nSPS) is 21.7. The van der Waals surface area contributed by atoms with Crippen molar-refractivity contribution in [1.29, 1.82) is 0 Å². The molecule has 1 aromatic rings. The van der Waals surface area contributed by atoms with Crippen LogP contribution >= 0.6 is 0 Å². The van der Waals surface area contributed by atoms with E-state index in [9.17, 15) is 13.2 Å². The smallest absolute Gasteiger partial charge is 0.243 e. The Kier molecular flexibility index (Phi) is 3.82. The van der Waals surface area contributed by atoms with Crippen LogP contribution in [0.5, 0.6) is 0 Å². The Balaban J connectivity index is 2.23. The van der Waals surface area contributed by atoms with Crippen LogP contribution in [-0.2, 0) is 14.8 Å². The van der Waals surface area contributed by atoms with Gasteiger partial charge in [0, 0.05) is 19.0 Å². The lowest BCUT2D eigenvalue weighted by Gasteiger charge is -2.30. The summed E-state index contributed by atoms with van der Waals surface area (Å²) in [6.45, 7) is 2.34. The van der Waals surface area contributed by atoms with Crippen LogP contribution in [0.3, 0.4) is 0 Å². The van der Waals surface area contributed by atoms with Gasteiger partial charge < -0.3 is 0 Å². The van der Waals surface area contributed by atoms with E-state index in [0.29, 0.717) is 18.0 Å². The van der Waals surface area contributed by atoms with Crippen molar-refractivity contribution in [3.8, 4) is 0 Å². The highest BCUT2D eigenvalue weighted by molar-refractivity contribution is 7.89. The monoisotopic (exact) mass is 267 g/mol. The molecule has 0 aromatic heterocycles. The first-order chi connectivity index (χ1) is 8.51. The summed E-state index contributed by atoms with van der Waals surface area (Å²) < 4.78 is 26.2. The predicted molar refractivity (Wildman–Crippen MR) is 68.6 cm³/mol. The van der Waals surface area contributed by atoms with Gasteiger partial charge in [-0.1, -0.05) is 18.2 Å². The van der Waals surface area contributed by atoms with Gasteiger partial charge in [0.05, 0.1) is 4.90 Å². The molecule has 1 fully saturated rings. The number of sulfonamides is 1. The quantitative estimate of drug-likeness (QED) is 0.837. The molecule has 0 aliphatic carbocycles. The Hall–Kier alpha value is -1.20. The Bertz CT molecular complexity index is 524. The molecule has 0 spiro atoms. The van der Waals surface area contributed by atoms with Gasteiger partial charge >= 0.3 is 0 Å². The van der Waals surface area contributed by atoms with E-state index in [1.165, 1.54) is 11.2 Å². The molecule has 1 atom stereocenters. The highest BCUT2D eigenvalue weighted by Crippen LogP contribution is 2.23. The van der Waals surface area contributed by atoms with Gasteiger partial charge in [-0.15, -0.1) is 0 Å². The maximum Gasteiger partial charge on any atom is 0.243 e. The van der Waals surface area contributed by atoms with E-state index in [-0.39, 0.29) is 11.7 Å². The highest BCUT2D eigenvalue weighted by atomic mass is 32.2. The van der Waals surface area contributed by atoms with E-state index in [4.69, 9.17) is 0 Å². The molecule has 4 nitrogen and oxygen atoms in total. The maximum absolute atomic E-state index is 12.4. The van der Waals surface area contributed by atoms with Gasteiger partial charge in [-0.25, -0.2) is 8.42 Å². The van der Waals surface area contributed by atoms with Gasteiger partial charge in [-0.05, 0) is 31.9 Å². The molecule has 2 rings (SSSR count). The first kappa shape index (κ1) is 13.2. The van der Waals surface area contributed by atoms with Crippen molar-refractivity contribution in [3.05, 3.63) is 30.3 Å². The number of hydrogen-bond donors (Lipinski definition) is 0. The minimum Gasteiger partial charge on any atom is -0.300 e. The molecule has 1 unspecified atom stereocenters. The van der Waals surface area contributed by atoms with Gasteiger partial charge in [-0.3, -0.25) is 4.79 Å². The summed E-state index contributed by atoms with van der Waals surface area (Å²) in [4.78, 5) is 11.7. The van der Waals surface area contributed by atoms with Crippen LogP contribution < -0.4 is 0 Å². The summed E-state index contributed by atoms with van der Waals surface area (Å²) in [7, 11) is -3.45. The third kappa shape index (κ3) is 2.62. The Morgan fingerprint density at radius 3 is 2.56 bits per heavy atom. The highest BCUT2D eigenvalue weighted by Gasteiger charge is 2.31. The fourth-order valence-corrected chi connectivity index (χ4v) is 3.78. The summed E-state index contributed by atoms with van der Waals surface area (Å²) in [6, 6.07) is 8.38. The zero-order valence-corrected chi connectivity index (χ0v) is 11.2. The Labute approximate surface area is 108 Å². The number of Topliss-reactive ketones (excluding diaryl/α,β-unsaturated/α-hetero) is 1. The van der Waals surface area contributed by atoms with E-state index in [0.717, 1.165) is 12.8 Å². The standard InChI is InChI=1S/C13H17NO3S/c1-11(15)12-6-5-9-14(10-12)18(16,17)13-7-3-2-4-8-13/h2-4,7-8,12H,5-6,9-10H2,1H3. The van der Waals surface area contributed by atoms with Crippen molar-refractivity contribution in [2.75, 3.05) is 13.1 Å². The minimum absolute atomic E-state index is 0.0722. The van der Waals surface area contributed by atoms with Crippen LogP contribution in [-0.4, -0.2) is 31.6 Å². The number of nitrogens with zero attached hydrogens (tertiary/aromatic N) is 1. The molecule has 1 aliphatic heterocycles. The largest absolute Gasteiger partial charge is 0.300 e. The molecular weight excluding hydrogens is 250 g/mol. The number of piperidine rings is 1. The van der Waals surface area contributed by atoms with E-state index in [1.54, 1.807) is 30.3 Å². The topological polar surface area (TPSA) is 54.5 Å². The van der Waals surface area contributed by atoms with Crippen molar-refractivity contribution >= 4 is 15.8 Å². The number of carbonyl (C=O) groups excluding carboxylic acids is 1. The molecule has 0 saturated carbocycles. The lowest BCUT2D eigenvalue weighted by Crippen LogP contribution is -2.41.